The molecule has 112 valence electrons. The monoisotopic (exact) mass is 295 g/mol. The van der Waals surface area contributed by atoms with Crippen molar-refractivity contribution >= 4 is 17.2 Å². The third kappa shape index (κ3) is 3.05. The van der Waals surface area contributed by atoms with Crippen LogP contribution in [0.15, 0.2) is 17.5 Å². The minimum atomic E-state index is -0.424. The van der Waals surface area contributed by atoms with E-state index in [9.17, 15) is 4.79 Å². The van der Waals surface area contributed by atoms with Crippen LogP contribution >= 0.6 is 11.3 Å². The van der Waals surface area contributed by atoms with Crippen molar-refractivity contribution in [2.24, 2.45) is 0 Å². The fourth-order valence-electron chi connectivity index (χ4n) is 2.59. The van der Waals surface area contributed by atoms with Gasteiger partial charge in [0.05, 0.1) is 5.54 Å². The van der Waals surface area contributed by atoms with Crippen molar-refractivity contribution in [1.29, 1.82) is 0 Å². The summed E-state index contributed by atoms with van der Waals surface area (Å²) in [6.07, 6.45) is 1.86. The van der Waals surface area contributed by atoms with Gasteiger partial charge in [-0.25, -0.2) is 0 Å². The van der Waals surface area contributed by atoms with Gasteiger partial charge in [-0.05, 0) is 51.9 Å². The summed E-state index contributed by atoms with van der Waals surface area (Å²) in [7, 11) is 4.13. The molecule has 0 aliphatic carbocycles. The Morgan fingerprint density at radius 3 is 2.80 bits per heavy atom. The van der Waals surface area contributed by atoms with Crippen molar-refractivity contribution in [3.05, 3.63) is 22.4 Å². The second-order valence-corrected chi connectivity index (χ2v) is 6.88. The number of thiophene rings is 1. The van der Waals surface area contributed by atoms with Gasteiger partial charge in [0.15, 0.2) is 0 Å². The van der Waals surface area contributed by atoms with Crippen molar-refractivity contribution in [2.75, 3.05) is 27.2 Å². The van der Waals surface area contributed by atoms with Crippen molar-refractivity contribution in [3.8, 4) is 0 Å². The van der Waals surface area contributed by atoms with Crippen LogP contribution in [-0.4, -0.2) is 48.4 Å². The minimum absolute atomic E-state index is 0.0367. The number of amides is 1. The Morgan fingerprint density at radius 1 is 1.50 bits per heavy atom. The summed E-state index contributed by atoms with van der Waals surface area (Å²) in [5.41, 5.74) is -0.424. The van der Waals surface area contributed by atoms with Crippen LogP contribution < -0.4 is 5.32 Å². The van der Waals surface area contributed by atoms with Gasteiger partial charge in [0.25, 0.3) is 0 Å². The lowest BCUT2D eigenvalue weighted by Gasteiger charge is -2.24. The zero-order valence-electron chi connectivity index (χ0n) is 12.8. The zero-order chi connectivity index (χ0) is 14.8. The molecule has 1 amide bonds. The van der Waals surface area contributed by atoms with Crippen molar-refractivity contribution in [3.63, 3.8) is 0 Å². The summed E-state index contributed by atoms with van der Waals surface area (Å²) in [5, 5.41) is 5.60. The predicted octanol–water partition coefficient (Wildman–Crippen LogP) is 2.30. The second-order valence-electron chi connectivity index (χ2n) is 5.90. The van der Waals surface area contributed by atoms with Gasteiger partial charge in [-0.2, -0.15) is 0 Å². The Hall–Kier alpha value is -0.910. The number of nitrogens with zero attached hydrogens (tertiary/aromatic N) is 2. The van der Waals surface area contributed by atoms with E-state index in [1.807, 2.05) is 17.9 Å². The van der Waals surface area contributed by atoms with Crippen LogP contribution in [0.4, 0.5) is 0 Å². The molecule has 1 aliphatic rings. The van der Waals surface area contributed by atoms with Crippen molar-refractivity contribution < 1.29 is 4.79 Å². The Balaban J connectivity index is 2.13. The molecule has 0 saturated carbocycles. The maximum Gasteiger partial charge on any atom is 0.244 e. The Morgan fingerprint density at radius 2 is 2.25 bits per heavy atom. The molecule has 0 radical (unpaired) electrons. The molecule has 5 heteroatoms. The van der Waals surface area contributed by atoms with Gasteiger partial charge in [-0.1, -0.05) is 13.0 Å². The maximum absolute atomic E-state index is 12.7. The lowest BCUT2D eigenvalue weighted by molar-refractivity contribution is -0.133. The molecule has 4 nitrogen and oxygen atoms in total. The number of hydrogen-bond donors (Lipinski definition) is 1. The van der Waals surface area contributed by atoms with Crippen LogP contribution in [-0.2, 0) is 4.79 Å². The lowest BCUT2D eigenvalue weighted by Crippen LogP contribution is -2.43. The largest absolute Gasteiger partial charge is 0.320 e. The molecule has 1 aliphatic heterocycles. The molecule has 1 fully saturated rings. The number of hydrogen-bond acceptors (Lipinski definition) is 4. The number of nitrogens with one attached hydrogen (secondary N) is 1. The molecule has 0 bridgehead atoms. The molecule has 0 spiro atoms. The van der Waals surface area contributed by atoms with Crippen LogP contribution in [0.2, 0.25) is 0 Å². The van der Waals surface area contributed by atoms with Gasteiger partial charge in [0.2, 0.25) is 5.91 Å². The summed E-state index contributed by atoms with van der Waals surface area (Å²) in [6, 6.07) is 4.15. The predicted molar refractivity (Wildman–Crippen MR) is 83.8 cm³/mol. The third-order valence-electron chi connectivity index (χ3n) is 4.02. The van der Waals surface area contributed by atoms with E-state index >= 15 is 0 Å². The average molecular weight is 295 g/mol. The van der Waals surface area contributed by atoms with Crippen LogP contribution in [0.5, 0.6) is 0 Å². The van der Waals surface area contributed by atoms with E-state index in [0.717, 1.165) is 25.9 Å². The smallest absolute Gasteiger partial charge is 0.244 e. The van der Waals surface area contributed by atoms with Gasteiger partial charge in [0.1, 0.15) is 6.17 Å². The van der Waals surface area contributed by atoms with E-state index in [1.54, 1.807) is 11.3 Å². The van der Waals surface area contributed by atoms with Gasteiger partial charge in [0, 0.05) is 11.4 Å². The van der Waals surface area contributed by atoms with Crippen LogP contribution in [0, 0.1) is 0 Å². The lowest BCUT2D eigenvalue weighted by atomic mass is 9.99. The summed E-state index contributed by atoms with van der Waals surface area (Å²) in [6.45, 7) is 5.90. The van der Waals surface area contributed by atoms with Crippen molar-refractivity contribution in [1.82, 2.24) is 15.1 Å². The first kappa shape index (κ1) is 15.5. The van der Waals surface area contributed by atoms with Crippen LogP contribution in [0.1, 0.15) is 37.7 Å². The Kier molecular flexibility index (Phi) is 4.83. The highest BCUT2D eigenvalue weighted by Gasteiger charge is 2.47. The van der Waals surface area contributed by atoms with Gasteiger partial charge >= 0.3 is 0 Å². The molecule has 0 aromatic carbocycles. The highest BCUT2D eigenvalue weighted by Crippen LogP contribution is 2.34. The first-order chi connectivity index (χ1) is 9.48. The van der Waals surface area contributed by atoms with E-state index in [0.29, 0.717) is 0 Å². The number of rotatable bonds is 6. The van der Waals surface area contributed by atoms with Crippen molar-refractivity contribution in [2.45, 2.75) is 38.4 Å². The summed E-state index contributed by atoms with van der Waals surface area (Å²) < 4.78 is 0. The highest BCUT2D eigenvalue weighted by molar-refractivity contribution is 7.10. The van der Waals surface area contributed by atoms with E-state index in [1.165, 1.54) is 4.88 Å². The van der Waals surface area contributed by atoms with Gasteiger partial charge in [-0.3, -0.25) is 10.1 Å². The molecule has 2 rings (SSSR count). The molecular formula is C15H25N3OS. The molecule has 1 aromatic heterocycles. The summed E-state index contributed by atoms with van der Waals surface area (Å²) in [4.78, 5) is 18.1. The normalized spacial score (nSPS) is 26.8. The summed E-state index contributed by atoms with van der Waals surface area (Å²) >= 11 is 1.71. The fourth-order valence-corrected chi connectivity index (χ4v) is 3.37. The summed E-state index contributed by atoms with van der Waals surface area (Å²) in [5.74, 6) is 0.233. The van der Waals surface area contributed by atoms with E-state index in [-0.39, 0.29) is 12.1 Å². The zero-order valence-corrected chi connectivity index (χ0v) is 13.7. The molecule has 1 aromatic rings. The topological polar surface area (TPSA) is 35.6 Å². The quantitative estimate of drug-likeness (QED) is 0.875. The van der Waals surface area contributed by atoms with Crippen LogP contribution in [0.25, 0.3) is 0 Å². The number of carbonyl (C=O) groups excluding carboxylic acids is 1. The molecule has 2 unspecified atom stereocenters. The standard InChI is InChI=1S/C15H25N3OS/c1-5-15(2)14(19)18(10-7-9-17(3)4)13(16-15)12-8-6-11-20-12/h6,8,11,13,16H,5,7,9-10H2,1-4H3. The maximum atomic E-state index is 12.7. The van der Waals surface area contributed by atoms with Gasteiger partial charge < -0.3 is 9.80 Å². The Bertz CT molecular complexity index is 446. The van der Waals surface area contributed by atoms with E-state index in [4.69, 9.17) is 0 Å². The minimum Gasteiger partial charge on any atom is -0.320 e. The van der Waals surface area contributed by atoms with E-state index in [2.05, 4.69) is 42.7 Å². The number of carbonyl (C=O) groups is 1. The van der Waals surface area contributed by atoms with Crippen LogP contribution in [0.3, 0.4) is 0 Å². The molecule has 20 heavy (non-hydrogen) atoms. The molecule has 1 N–H and O–H groups in total. The molecule has 2 heterocycles. The average Bonchev–Trinajstić information content (AvgIpc) is 3.00. The molecular weight excluding hydrogens is 270 g/mol. The molecule has 2 atom stereocenters. The Labute approximate surface area is 125 Å². The first-order valence-corrected chi connectivity index (χ1v) is 8.13. The molecule has 1 saturated heterocycles. The SMILES string of the molecule is CCC1(C)NC(c2cccs2)N(CCCN(C)C)C1=O. The fraction of sp³-hybridized carbons (Fsp3) is 0.667. The van der Waals surface area contributed by atoms with Gasteiger partial charge in [-0.15, -0.1) is 11.3 Å². The highest BCUT2D eigenvalue weighted by atomic mass is 32.1. The first-order valence-electron chi connectivity index (χ1n) is 7.25. The van der Waals surface area contributed by atoms with E-state index < -0.39 is 5.54 Å². The third-order valence-corrected chi connectivity index (χ3v) is 4.95. The second kappa shape index (κ2) is 6.24.